The van der Waals surface area contributed by atoms with Crippen LogP contribution in [0, 0.1) is 5.92 Å². The first-order valence-electron chi connectivity index (χ1n) is 7.95. The standard InChI is InChI=1S/C18H24Cl2N2O/c1-13(2)17(12-22-8-4-5-9-22)21(3)18(23)11-14-6-7-15(19)16(20)10-14/h4-7,10,13,17H,8-9,11-12H2,1-3H3. The molecule has 1 atom stereocenters. The topological polar surface area (TPSA) is 23.6 Å². The number of carbonyl (C=O) groups excluding carboxylic acids is 1. The van der Waals surface area contributed by atoms with Gasteiger partial charge < -0.3 is 4.90 Å². The van der Waals surface area contributed by atoms with Crippen molar-refractivity contribution in [1.29, 1.82) is 0 Å². The molecule has 0 aromatic heterocycles. The van der Waals surface area contributed by atoms with E-state index in [0.29, 0.717) is 22.4 Å². The van der Waals surface area contributed by atoms with Gasteiger partial charge in [0.15, 0.2) is 0 Å². The highest BCUT2D eigenvalue weighted by Crippen LogP contribution is 2.23. The van der Waals surface area contributed by atoms with Crippen LogP contribution >= 0.6 is 23.2 Å². The number of halogens is 2. The summed E-state index contributed by atoms with van der Waals surface area (Å²) in [5.74, 6) is 0.507. The smallest absolute Gasteiger partial charge is 0.227 e. The Labute approximate surface area is 148 Å². The van der Waals surface area contributed by atoms with Crippen LogP contribution in [0.3, 0.4) is 0 Å². The summed E-state index contributed by atoms with van der Waals surface area (Å²) in [5.41, 5.74) is 0.890. The fourth-order valence-corrected chi connectivity index (χ4v) is 3.17. The lowest BCUT2D eigenvalue weighted by atomic mass is 10.0. The quantitative estimate of drug-likeness (QED) is 0.723. The second-order valence-electron chi connectivity index (χ2n) is 6.43. The monoisotopic (exact) mass is 354 g/mol. The summed E-state index contributed by atoms with van der Waals surface area (Å²) >= 11 is 12.0. The molecule has 1 aromatic carbocycles. The first-order chi connectivity index (χ1) is 10.9. The number of carbonyl (C=O) groups is 1. The van der Waals surface area contributed by atoms with E-state index < -0.39 is 0 Å². The predicted octanol–water partition coefficient (Wildman–Crippen LogP) is 3.89. The van der Waals surface area contributed by atoms with E-state index >= 15 is 0 Å². The number of rotatable bonds is 6. The summed E-state index contributed by atoms with van der Waals surface area (Å²) in [6.45, 7) is 7.17. The van der Waals surface area contributed by atoms with Crippen molar-refractivity contribution in [3.05, 3.63) is 46.0 Å². The van der Waals surface area contributed by atoms with Crippen molar-refractivity contribution in [1.82, 2.24) is 9.80 Å². The lowest BCUT2D eigenvalue weighted by molar-refractivity contribution is -0.132. The first-order valence-corrected chi connectivity index (χ1v) is 8.71. The maximum Gasteiger partial charge on any atom is 0.227 e. The minimum atomic E-state index is 0.106. The third-order valence-electron chi connectivity index (χ3n) is 4.34. The van der Waals surface area contributed by atoms with Crippen LogP contribution in [-0.4, -0.2) is 48.4 Å². The molecule has 5 heteroatoms. The zero-order valence-corrected chi connectivity index (χ0v) is 15.4. The van der Waals surface area contributed by atoms with Crippen LogP contribution in [0.2, 0.25) is 10.0 Å². The van der Waals surface area contributed by atoms with E-state index in [1.807, 2.05) is 18.0 Å². The highest BCUT2D eigenvalue weighted by atomic mass is 35.5. The molecule has 0 spiro atoms. The van der Waals surface area contributed by atoms with Gasteiger partial charge in [-0.15, -0.1) is 0 Å². The Balaban J connectivity index is 2.01. The van der Waals surface area contributed by atoms with Crippen LogP contribution in [0.1, 0.15) is 19.4 Å². The predicted molar refractivity (Wildman–Crippen MR) is 97.1 cm³/mol. The van der Waals surface area contributed by atoms with Gasteiger partial charge in [0.1, 0.15) is 0 Å². The van der Waals surface area contributed by atoms with Crippen LogP contribution in [0.25, 0.3) is 0 Å². The van der Waals surface area contributed by atoms with Crippen molar-refractivity contribution < 1.29 is 4.79 Å². The van der Waals surface area contributed by atoms with E-state index in [4.69, 9.17) is 23.2 Å². The Morgan fingerprint density at radius 3 is 2.43 bits per heavy atom. The number of likely N-dealkylation sites (N-methyl/N-ethyl adjacent to an activating group) is 1. The molecule has 0 fully saturated rings. The molecule has 2 rings (SSSR count). The third kappa shape index (κ3) is 4.97. The van der Waals surface area contributed by atoms with Crippen molar-refractivity contribution in [3.63, 3.8) is 0 Å². The zero-order chi connectivity index (χ0) is 17.0. The molecule has 0 N–H and O–H groups in total. The maximum absolute atomic E-state index is 12.6. The molecule has 1 heterocycles. The van der Waals surface area contributed by atoms with Gasteiger partial charge in [0.05, 0.1) is 16.5 Å². The fourth-order valence-electron chi connectivity index (χ4n) is 2.85. The van der Waals surface area contributed by atoms with E-state index in [1.165, 1.54) is 0 Å². The van der Waals surface area contributed by atoms with Gasteiger partial charge in [0.2, 0.25) is 5.91 Å². The Hall–Kier alpha value is -1.03. The molecule has 1 aromatic rings. The number of amides is 1. The minimum Gasteiger partial charge on any atom is -0.341 e. The van der Waals surface area contributed by atoms with Gasteiger partial charge in [0.25, 0.3) is 0 Å². The molecule has 0 radical (unpaired) electrons. The maximum atomic E-state index is 12.6. The molecular weight excluding hydrogens is 331 g/mol. The lowest BCUT2D eigenvalue weighted by Crippen LogP contribution is -2.47. The van der Waals surface area contributed by atoms with Gasteiger partial charge in [-0.25, -0.2) is 0 Å². The zero-order valence-electron chi connectivity index (χ0n) is 13.9. The largest absolute Gasteiger partial charge is 0.341 e. The molecule has 0 bridgehead atoms. The van der Waals surface area contributed by atoms with E-state index in [9.17, 15) is 4.79 Å². The summed E-state index contributed by atoms with van der Waals surface area (Å²) < 4.78 is 0. The average molecular weight is 355 g/mol. The van der Waals surface area contributed by atoms with E-state index in [2.05, 4.69) is 30.9 Å². The van der Waals surface area contributed by atoms with E-state index in [-0.39, 0.29) is 11.9 Å². The second-order valence-corrected chi connectivity index (χ2v) is 7.25. The highest BCUT2D eigenvalue weighted by molar-refractivity contribution is 6.42. The Morgan fingerprint density at radius 1 is 1.22 bits per heavy atom. The Morgan fingerprint density at radius 2 is 1.87 bits per heavy atom. The van der Waals surface area contributed by atoms with Crippen molar-refractivity contribution in [2.24, 2.45) is 5.92 Å². The summed E-state index contributed by atoms with van der Waals surface area (Å²) in [7, 11) is 1.90. The van der Waals surface area contributed by atoms with Crippen molar-refractivity contribution in [2.45, 2.75) is 26.3 Å². The molecule has 1 aliphatic rings. The van der Waals surface area contributed by atoms with Crippen molar-refractivity contribution in [3.8, 4) is 0 Å². The van der Waals surface area contributed by atoms with Gasteiger partial charge in [-0.05, 0) is 23.6 Å². The van der Waals surface area contributed by atoms with Gasteiger partial charge in [-0.2, -0.15) is 0 Å². The van der Waals surface area contributed by atoms with Gasteiger partial charge >= 0.3 is 0 Å². The SMILES string of the molecule is CC(C)C(CN1CC=CC1)N(C)C(=O)Cc1ccc(Cl)c(Cl)c1. The summed E-state index contributed by atoms with van der Waals surface area (Å²) in [5, 5.41) is 1.00. The third-order valence-corrected chi connectivity index (χ3v) is 5.08. The number of hydrogen-bond donors (Lipinski definition) is 0. The van der Waals surface area contributed by atoms with Crippen LogP contribution in [0.5, 0.6) is 0 Å². The average Bonchev–Trinajstić information content (AvgIpc) is 3.00. The van der Waals surface area contributed by atoms with Crippen molar-refractivity contribution >= 4 is 29.1 Å². The molecule has 1 amide bonds. The summed E-state index contributed by atoms with van der Waals surface area (Å²) in [6.07, 6.45) is 4.69. The molecule has 0 aliphatic carbocycles. The van der Waals surface area contributed by atoms with E-state index in [0.717, 1.165) is 25.2 Å². The number of hydrogen-bond acceptors (Lipinski definition) is 2. The summed E-state index contributed by atoms with van der Waals surface area (Å²) in [4.78, 5) is 16.9. The molecular formula is C18H24Cl2N2O. The fraction of sp³-hybridized carbons (Fsp3) is 0.500. The minimum absolute atomic E-state index is 0.106. The molecule has 23 heavy (non-hydrogen) atoms. The van der Waals surface area contributed by atoms with Gasteiger partial charge in [-0.1, -0.05) is 55.3 Å². The molecule has 126 valence electrons. The molecule has 1 unspecified atom stereocenters. The van der Waals surface area contributed by atoms with Gasteiger partial charge in [-0.3, -0.25) is 9.69 Å². The Bertz CT molecular complexity index is 578. The second kappa shape index (κ2) is 8.18. The molecule has 0 saturated carbocycles. The highest BCUT2D eigenvalue weighted by Gasteiger charge is 2.25. The van der Waals surface area contributed by atoms with Crippen LogP contribution in [-0.2, 0) is 11.2 Å². The number of benzene rings is 1. The van der Waals surface area contributed by atoms with Crippen LogP contribution < -0.4 is 0 Å². The summed E-state index contributed by atoms with van der Waals surface area (Å²) in [6, 6.07) is 5.56. The molecule has 0 saturated heterocycles. The normalized spacial score (nSPS) is 16.1. The molecule has 3 nitrogen and oxygen atoms in total. The van der Waals surface area contributed by atoms with Crippen LogP contribution in [0.4, 0.5) is 0 Å². The first kappa shape index (κ1) is 18.3. The van der Waals surface area contributed by atoms with Gasteiger partial charge in [0, 0.05) is 32.7 Å². The Kier molecular flexibility index (Phi) is 6.51. The van der Waals surface area contributed by atoms with Crippen LogP contribution in [0.15, 0.2) is 30.4 Å². The lowest BCUT2D eigenvalue weighted by Gasteiger charge is -2.34. The molecule has 1 aliphatic heterocycles. The van der Waals surface area contributed by atoms with E-state index in [1.54, 1.807) is 12.1 Å². The van der Waals surface area contributed by atoms with Crippen molar-refractivity contribution in [2.75, 3.05) is 26.7 Å². The number of nitrogens with zero attached hydrogens (tertiary/aromatic N) is 2.